The summed E-state index contributed by atoms with van der Waals surface area (Å²) in [5.74, 6) is 0.990. The first-order valence-electron chi connectivity index (χ1n) is 4.85. The molecule has 0 unspecified atom stereocenters. The Bertz CT molecular complexity index is 264. The summed E-state index contributed by atoms with van der Waals surface area (Å²) in [4.78, 5) is 0. The minimum Gasteiger partial charge on any atom is -0.488 e. The van der Waals surface area contributed by atoms with Gasteiger partial charge >= 0.3 is 0 Å². The van der Waals surface area contributed by atoms with E-state index in [1.807, 2.05) is 0 Å². The van der Waals surface area contributed by atoms with Gasteiger partial charge in [0, 0.05) is 13.1 Å². The highest BCUT2D eigenvalue weighted by molar-refractivity contribution is 5.27. The van der Waals surface area contributed by atoms with E-state index in [1.54, 1.807) is 0 Å². The zero-order valence-electron chi connectivity index (χ0n) is 7.92. The summed E-state index contributed by atoms with van der Waals surface area (Å²) in [6.07, 6.45) is 1.47. The summed E-state index contributed by atoms with van der Waals surface area (Å²) in [7, 11) is 0. The Morgan fingerprint density at radius 3 is 2.46 bits per heavy atom. The molecule has 0 saturated carbocycles. The maximum Gasteiger partial charge on any atom is 0.123 e. The van der Waals surface area contributed by atoms with Crippen LogP contribution in [0.5, 0.6) is 5.75 Å². The molecule has 1 heterocycles. The van der Waals surface area contributed by atoms with Gasteiger partial charge in [-0.2, -0.15) is 0 Å². The molecule has 0 aromatic heterocycles. The molecule has 0 spiro atoms. The quantitative estimate of drug-likeness (QED) is 0.757. The molecule has 0 bridgehead atoms. The van der Waals surface area contributed by atoms with Gasteiger partial charge in [0.1, 0.15) is 11.9 Å². The van der Waals surface area contributed by atoms with E-state index in [2.05, 4.69) is 36.5 Å². The van der Waals surface area contributed by atoms with Crippen molar-refractivity contribution in [3.63, 3.8) is 0 Å². The van der Waals surface area contributed by atoms with Gasteiger partial charge in [-0.1, -0.05) is 19.1 Å². The molecule has 0 atom stereocenters. The van der Waals surface area contributed by atoms with E-state index in [1.165, 1.54) is 5.56 Å². The van der Waals surface area contributed by atoms with E-state index >= 15 is 0 Å². The van der Waals surface area contributed by atoms with Crippen molar-refractivity contribution in [2.45, 2.75) is 19.4 Å². The lowest BCUT2D eigenvalue weighted by molar-refractivity contribution is 0.142. The van der Waals surface area contributed by atoms with Crippen LogP contribution < -0.4 is 10.1 Å². The van der Waals surface area contributed by atoms with Gasteiger partial charge in [0.2, 0.25) is 0 Å². The number of rotatable bonds is 3. The number of aryl methyl sites for hydroxylation is 1. The van der Waals surface area contributed by atoms with Crippen LogP contribution in [0.3, 0.4) is 0 Å². The molecule has 1 aromatic carbocycles. The number of ether oxygens (including phenoxy) is 1. The van der Waals surface area contributed by atoms with Crippen LogP contribution >= 0.6 is 0 Å². The Balaban J connectivity index is 1.96. The fourth-order valence-electron chi connectivity index (χ4n) is 1.34. The van der Waals surface area contributed by atoms with Gasteiger partial charge in [-0.25, -0.2) is 0 Å². The summed E-state index contributed by atoms with van der Waals surface area (Å²) in [5, 5.41) is 3.18. The first kappa shape index (κ1) is 8.57. The molecule has 1 aliphatic heterocycles. The second kappa shape index (κ2) is 3.79. The second-order valence-electron chi connectivity index (χ2n) is 3.40. The minimum absolute atomic E-state index is 0.382. The van der Waals surface area contributed by atoms with Crippen LogP contribution in [0.4, 0.5) is 0 Å². The summed E-state index contributed by atoms with van der Waals surface area (Å²) in [6, 6.07) is 8.36. The van der Waals surface area contributed by atoms with Gasteiger partial charge in [0.05, 0.1) is 0 Å². The third-order valence-corrected chi connectivity index (χ3v) is 2.38. The highest BCUT2D eigenvalue weighted by Gasteiger charge is 2.17. The van der Waals surface area contributed by atoms with Crippen LogP contribution in [0.15, 0.2) is 24.3 Å². The first-order valence-corrected chi connectivity index (χ1v) is 4.85. The van der Waals surface area contributed by atoms with Crippen molar-refractivity contribution in [3.8, 4) is 5.75 Å². The van der Waals surface area contributed by atoms with E-state index in [0.717, 1.165) is 25.3 Å². The average molecular weight is 177 g/mol. The van der Waals surface area contributed by atoms with E-state index in [9.17, 15) is 0 Å². The molecule has 70 valence electrons. The number of benzene rings is 1. The predicted octanol–water partition coefficient (Wildman–Crippen LogP) is 1.60. The molecule has 1 fully saturated rings. The lowest BCUT2D eigenvalue weighted by Crippen LogP contribution is -2.50. The molecule has 13 heavy (non-hydrogen) atoms. The van der Waals surface area contributed by atoms with Crippen molar-refractivity contribution in [3.05, 3.63) is 29.8 Å². The summed E-state index contributed by atoms with van der Waals surface area (Å²) in [6.45, 7) is 4.12. The van der Waals surface area contributed by atoms with Crippen molar-refractivity contribution in [2.24, 2.45) is 0 Å². The average Bonchev–Trinajstić information content (AvgIpc) is 2.12. The van der Waals surface area contributed by atoms with E-state index in [4.69, 9.17) is 4.74 Å². The number of hydrogen-bond acceptors (Lipinski definition) is 2. The minimum atomic E-state index is 0.382. The van der Waals surface area contributed by atoms with Gasteiger partial charge in [-0.05, 0) is 24.1 Å². The van der Waals surface area contributed by atoms with E-state index in [0.29, 0.717) is 6.10 Å². The molecule has 1 saturated heterocycles. The highest BCUT2D eigenvalue weighted by atomic mass is 16.5. The predicted molar refractivity (Wildman–Crippen MR) is 53.1 cm³/mol. The van der Waals surface area contributed by atoms with E-state index < -0.39 is 0 Å². The van der Waals surface area contributed by atoms with Crippen LogP contribution in [0.2, 0.25) is 0 Å². The number of hydrogen-bond donors (Lipinski definition) is 1. The van der Waals surface area contributed by atoms with Gasteiger partial charge < -0.3 is 10.1 Å². The molecule has 1 N–H and O–H groups in total. The Kier molecular flexibility index (Phi) is 2.50. The molecular weight excluding hydrogens is 162 g/mol. The van der Waals surface area contributed by atoms with Crippen molar-refractivity contribution >= 4 is 0 Å². The molecule has 2 nitrogen and oxygen atoms in total. The van der Waals surface area contributed by atoms with E-state index in [-0.39, 0.29) is 0 Å². The molecule has 1 aromatic rings. The van der Waals surface area contributed by atoms with Gasteiger partial charge in [0.25, 0.3) is 0 Å². The maximum absolute atomic E-state index is 5.69. The van der Waals surface area contributed by atoms with Crippen LogP contribution in [0, 0.1) is 0 Å². The normalized spacial score (nSPS) is 16.7. The van der Waals surface area contributed by atoms with Crippen LogP contribution in [0.1, 0.15) is 12.5 Å². The lowest BCUT2D eigenvalue weighted by atomic mass is 10.1. The van der Waals surface area contributed by atoms with Gasteiger partial charge in [-0.3, -0.25) is 0 Å². The fourth-order valence-corrected chi connectivity index (χ4v) is 1.34. The second-order valence-corrected chi connectivity index (χ2v) is 3.40. The third-order valence-electron chi connectivity index (χ3n) is 2.38. The largest absolute Gasteiger partial charge is 0.488 e. The number of nitrogens with one attached hydrogen (secondary N) is 1. The molecule has 0 amide bonds. The zero-order valence-corrected chi connectivity index (χ0v) is 7.92. The van der Waals surface area contributed by atoms with Crippen LogP contribution in [0.25, 0.3) is 0 Å². The smallest absolute Gasteiger partial charge is 0.123 e. The topological polar surface area (TPSA) is 21.3 Å². The molecule has 2 heteroatoms. The Hall–Kier alpha value is -1.02. The Morgan fingerprint density at radius 1 is 1.31 bits per heavy atom. The Morgan fingerprint density at radius 2 is 2.00 bits per heavy atom. The monoisotopic (exact) mass is 177 g/mol. The van der Waals surface area contributed by atoms with Crippen molar-refractivity contribution in [1.82, 2.24) is 5.32 Å². The van der Waals surface area contributed by atoms with Crippen molar-refractivity contribution < 1.29 is 4.74 Å². The van der Waals surface area contributed by atoms with Crippen LogP contribution in [-0.2, 0) is 6.42 Å². The fraction of sp³-hybridized carbons (Fsp3) is 0.455. The summed E-state index contributed by atoms with van der Waals surface area (Å²) >= 11 is 0. The van der Waals surface area contributed by atoms with Crippen molar-refractivity contribution in [1.29, 1.82) is 0 Å². The van der Waals surface area contributed by atoms with Gasteiger partial charge in [0.15, 0.2) is 0 Å². The SMILES string of the molecule is CCc1ccc(OC2CNC2)cc1. The zero-order chi connectivity index (χ0) is 9.10. The molecule has 0 aliphatic carbocycles. The summed E-state index contributed by atoms with van der Waals surface area (Å²) in [5.41, 5.74) is 1.36. The first-order chi connectivity index (χ1) is 6.38. The summed E-state index contributed by atoms with van der Waals surface area (Å²) < 4.78 is 5.69. The van der Waals surface area contributed by atoms with Crippen molar-refractivity contribution in [2.75, 3.05) is 13.1 Å². The molecule has 1 aliphatic rings. The van der Waals surface area contributed by atoms with Gasteiger partial charge in [-0.15, -0.1) is 0 Å². The standard InChI is InChI=1S/C11H15NO/c1-2-9-3-5-10(6-4-9)13-11-7-12-8-11/h3-6,11-12H,2,7-8H2,1H3. The molecule has 2 rings (SSSR count). The molecule has 0 radical (unpaired) electrons. The maximum atomic E-state index is 5.69. The third kappa shape index (κ3) is 2.01. The van der Waals surface area contributed by atoms with Crippen LogP contribution in [-0.4, -0.2) is 19.2 Å². The lowest BCUT2D eigenvalue weighted by Gasteiger charge is -2.27. The highest BCUT2D eigenvalue weighted by Crippen LogP contribution is 2.15. The Labute approximate surface area is 78.9 Å². The molecular formula is C11H15NO.